The van der Waals surface area contributed by atoms with Gasteiger partial charge in [0.05, 0.1) is 11.8 Å². The van der Waals surface area contributed by atoms with Gasteiger partial charge in [-0.1, -0.05) is 19.9 Å². The molecule has 0 aromatic heterocycles. The van der Waals surface area contributed by atoms with E-state index in [0.29, 0.717) is 24.3 Å². The maximum atomic E-state index is 12.0. The second-order valence-electron chi connectivity index (χ2n) is 5.43. The number of benzene rings is 1. The molecular weight excluding hydrogens is 286 g/mol. The molecule has 0 saturated heterocycles. The number of fused-ring (bicyclic) bond motifs is 1. The zero-order valence-corrected chi connectivity index (χ0v) is 12.8. The highest BCUT2D eigenvalue weighted by Gasteiger charge is 2.35. The Labute approximate surface area is 129 Å². The van der Waals surface area contributed by atoms with Gasteiger partial charge in [0, 0.05) is 6.54 Å². The van der Waals surface area contributed by atoms with Crippen LogP contribution in [0.2, 0.25) is 0 Å². The van der Waals surface area contributed by atoms with Crippen molar-refractivity contribution in [3.05, 3.63) is 23.8 Å². The molecule has 0 spiro atoms. The maximum absolute atomic E-state index is 12.0. The van der Waals surface area contributed by atoms with Gasteiger partial charge in [-0.2, -0.15) is 0 Å². The Hall–Kier alpha value is -2.24. The number of amides is 1. The summed E-state index contributed by atoms with van der Waals surface area (Å²) >= 11 is 0. The first-order valence-corrected chi connectivity index (χ1v) is 7.39. The third-order valence-corrected chi connectivity index (χ3v) is 4.23. The number of carbonyl (C=O) groups is 2. The highest BCUT2D eigenvalue weighted by Crippen LogP contribution is 2.32. The lowest BCUT2D eigenvalue weighted by atomic mass is 9.82. The largest absolute Gasteiger partial charge is 0.481 e. The Morgan fingerprint density at radius 2 is 1.91 bits per heavy atom. The molecule has 120 valence electrons. The van der Waals surface area contributed by atoms with E-state index < -0.39 is 11.4 Å². The van der Waals surface area contributed by atoms with Gasteiger partial charge in [0.15, 0.2) is 11.5 Å². The van der Waals surface area contributed by atoms with Gasteiger partial charge in [0.2, 0.25) is 12.7 Å². The Kier molecular flexibility index (Phi) is 4.90. The molecule has 0 fully saturated rings. The summed E-state index contributed by atoms with van der Waals surface area (Å²) in [5.74, 6) is 0.227. The lowest BCUT2D eigenvalue weighted by Crippen LogP contribution is -2.42. The predicted molar refractivity (Wildman–Crippen MR) is 79.9 cm³/mol. The third-order valence-electron chi connectivity index (χ3n) is 4.23. The first-order chi connectivity index (χ1) is 10.5. The number of carboxylic acid groups (broad SMARTS) is 1. The van der Waals surface area contributed by atoms with E-state index in [1.807, 2.05) is 13.8 Å². The summed E-state index contributed by atoms with van der Waals surface area (Å²) in [5.41, 5.74) is -0.0967. The number of aliphatic carboxylic acids is 1. The van der Waals surface area contributed by atoms with Gasteiger partial charge >= 0.3 is 5.97 Å². The summed E-state index contributed by atoms with van der Waals surface area (Å²) in [6.45, 7) is 3.97. The molecule has 0 saturated carbocycles. The van der Waals surface area contributed by atoms with Crippen LogP contribution >= 0.6 is 0 Å². The second-order valence-corrected chi connectivity index (χ2v) is 5.43. The van der Waals surface area contributed by atoms with Crippen molar-refractivity contribution in [2.75, 3.05) is 13.3 Å². The Morgan fingerprint density at radius 3 is 2.55 bits per heavy atom. The molecule has 2 rings (SSSR count). The van der Waals surface area contributed by atoms with E-state index in [9.17, 15) is 14.7 Å². The van der Waals surface area contributed by atoms with E-state index in [1.165, 1.54) is 0 Å². The lowest BCUT2D eigenvalue weighted by Gasteiger charge is -2.26. The molecule has 1 aromatic rings. The van der Waals surface area contributed by atoms with Crippen molar-refractivity contribution in [2.45, 2.75) is 33.1 Å². The van der Waals surface area contributed by atoms with E-state index in [2.05, 4.69) is 5.32 Å². The summed E-state index contributed by atoms with van der Waals surface area (Å²) in [4.78, 5) is 23.4. The smallest absolute Gasteiger partial charge is 0.311 e. The number of carbonyl (C=O) groups excluding carboxylic acids is 1. The minimum atomic E-state index is -0.898. The van der Waals surface area contributed by atoms with Crippen LogP contribution < -0.4 is 14.8 Å². The molecule has 1 aliphatic rings. The van der Waals surface area contributed by atoms with Crippen molar-refractivity contribution in [1.29, 1.82) is 0 Å². The van der Waals surface area contributed by atoms with Crippen LogP contribution in [0.1, 0.15) is 32.3 Å². The number of nitrogens with one attached hydrogen (secondary N) is 1. The first kappa shape index (κ1) is 16.1. The highest BCUT2D eigenvalue weighted by atomic mass is 16.7. The minimum absolute atomic E-state index is 0.138. The highest BCUT2D eigenvalue weighted by molar-refractivity contribution is 5.80. The molecule has 1 aromatic carbocycles. The Bertz CT molecular complexity index is 566. The fraction of sp³-hybridized carbons (Fsp3) is 0.500. The molecule has 0 radical (unpaired) electrons. The fourth-order valence-corrected chi connectivity index (χ4v) is 2.44. The molecule has 6 heteroatoms. The van der Waals surface area contributed by atoms with Crippen molar-refractivity contribution >= 4 is 11.9 Å². The van der Waals surface area contributed by atoms with E-state index in [4.69, 9.17) is 9.47 Å². The average molecular weight is 307 g/mol. The third kappa shape index (κ3) is 3.32. The van der Waals surface area contributed by atoms with Crippen molar-refractivity contribution in [2.24, 2.45) is 5.41 Å². The molecule has 0 aliphatic carbocycles. The number of hydrogen-bond donors (Lipinski definition) is 2. The molecule has 6 nitrogen and oxygen atoms in total. The molecule has 1 amide bonds. The van der Waals surface area contributed by atoms with Gasteiger partial charge in [0.25, 0.3) is 0 Å². The van der Waals surface area contributed by atoms with Crippen molar-refractivity contribution in [3.63, 3.8) is 0 Å². The van der Waals surface area contributed by atoms with Crippen LogP contribution in [0.25, 0.3) is 0 Å². The zero-order valence-electron chi connectivity index (χ0n) is 12.8. The monoisotopic (exact) mass is 307 g/mol. The molecule has 1 heterocycles. The quantitative estimate of drug-likeness (QED) is 0.804. The molecule has 22 heavy (non-hydrogen) atoms. The van der Waals surface area contributed by atoms with E-state index >= 15 is 0 Å². The van der Waals surface area contributed by atoms with Gasteiger partial charge < -0.3 is 19.9 Å². The molecular formula is C16H21NO5. The van der Waals surface area contributed by atoms with Gasteiger partial charge in [-0.25, -0.2) is 0 Å². The fourth-order valence-electron chi connectivity index (χ4n) is 2.44. The van der Waals surface area contributed by atoms with Crippen LogP contribution in [-0.2, 0) is 16.0 Å². The summed E-state index contributed by atoms with van der Waals surface area (Å²) in [7, 11) is 0. The summed E-state index contributed by atoms with van der Waals surface area (Å²) in [6, 6.07) is 5.34. The van der Waals surface area contributed by atoms with Crippen LogP contribution in [0.15, 0.2) is 18.2 Å². The topological polar surface area (TPSA) is 84.9 Å². The normalized spacial score (nSPS) is 13.0. The van der Waals surface area contributed by atoms with E-state index in [-0.39, 0.29) is 25.7 Å². The van der Waals surface area contributed by atoms with Crippen LogP contribution in [-0.4, -0.2) is 30.3 Å². The summed E-state index contributed by atoms with van der Waals surface area (Å²) < 4.78 is 10.5. The zero-order chi connectivity index (χ0) is 16.2. The minimum Gasteiger partial charge on any atom is -0.481 e. The van der Waals surface area contributed by atoms with Gasteiger partial charge in [-0.15, -0.1) is 0 Å². The summed E-state index contributed by atoms with van der Waals surface area (Å²) in [6.07, 6.45) is 1.13. The van der Waals surface area contributed by atoms with Crippen molar-refractivity contribution in [1.82, 2.24) is 5.32 Å². The standard InChI is InChI=1S/C16H21NO5/c1-3-16(4-2,15(19)20)9-17-14(18)8-11-5-6-12-13(7-11)22-10-21-12/h5-7H,3-4,8-10H2,1-2H3,(H,17,18)(H,19,20). The number of rotatable bonds is 7. The van der Waals surface area contributed by atoms with Crippen LogP contribution in [0.3, 0.4) is 0 Å². The van der Waals surface area contributed by atoms with Gasteiger partial charge in [0.1, 0.15) is 0 Å². The number of carboxylic acids is 1. The van der Waals surface area contributed by atoms with Crippen LogP contribution in [0.4, 0.5) is 0 Å². The lowest BCUT2D eigenvalue weighted by molar-refractivity contribution is -0.149. The second kappa shape index (κ2) is 6.68. The van der Waals surface area contributed by atoms with E-state index in [0.717, 1.165) is 5.56 Å². The van der Waals surface area contributed by atoms with Crippen molar-refractivity contribution in [3.8, 4) is 11.5 Å². The summed E-state index contributed by atoms with van der Waals surface area (Å²) in [5, 5.41) is 12.1. The Morgan fingerprint density at radius 1 is 1.23 bits per heavy atom. The predicted octanol–water partition coefficient (Wildman–Crippen LogP) is 1.97. The average Bonchev–Trinajstić information content (AvgIpc) is 2.96. The van der Waals surface area contributed by atoms with Gasteiger partial charge in [-0.05, 0) is 30.5 Å². The molecule has 1 aliphatic heterocycles. The van der Waals surface area contributed by atoms with E-state index in [1.54, 1.807) is 18.2 Å². The maximum Gasteiger partial charge on any atom is 0.311 e. The van der Waals surface area contributed by atoms with Gasteiger partial charge in [-0.3, -0.25) is 9.59 Å². The first-order valence-electron chi connectivity index (χ1n) is 7.39. The molecule has 0 bridgehead atoms. The SMILES string of the molecule is CCC(CC)(CNC(=O)Cc1ccc2c(c1)OCO2)C(=O)O. The van der Waals surface area contributed by atoms with Crippen molar-refractivity contribution < 1.29 is 24.2 Å². The number of hydrogen-bond acceptors (Lipinski definition) is 4. The van der Waals surface area contributed by atoms with Crippen LogP contribution in [0, 0.1) is 5.41 Å². The van der Waals surface area contributed by atoms with Crippen LogP contribution in [0.5, 0.6) is 11.5 Å². The Balaban J connectivity index is 1.94. The molecule has 2 N–H and O–H groups in total. The molecule has 0 unspecified atom stereocenters. The number of ether oxygens (including phenoxy) is 2. The molecule has 0 atom stereocenters.